The van der Waals surface area contributed by atoms with Gasteiger partial charge in [-0.15, -0.1) is 0 Å². The number of aliphatic hydroxyl groups excluding tert-OH is 1. The van der Waals surface area contributed by atoms with Gasteiger partial charge in [-0.2, -0.15) is 0 Å². The summed E-state index contributed by atoms with van der Waals surface area (Å²) >= 11 is 0. The molecule has 0 amide bonds. The Kier molecular flexibility index (Phi) is 5.98. The Balaban J connectivity index is 1.63. The highest BCUT2D eigenvalue weighted by Gasteiger charge is 2.25. The van der Waals surface area contributed by atoms with Crippen molar-refractivity contribution in [3.8, 4) is 11.3 Å². The number of nitrogens with zero attached hydrogens (tertiary/aromatic N) is 3. The highest BCUT2D eigenvalue weighted by Crippen LogP contribution is 2.40. The summed E-state index contributed by atoms with van der Waals surface area (Å²) in [6.45, 7) is 4.72. The zero-order valence-electron chi connectivity index (χ0n) is 20.0. The molecule has 0 aromatic carbocycles. The van der Waals surface area contributed by atoms with E-state index in [2.05, 4.69) is 35.9 Å². The van der Waals surface area contributed by atoms with Crippen LogP contribution in [0.25, 0.3) is 33.3 Å². The van der Waals surface area contributed by atoms with Crippen molar-refractivity contribution >= 4 is 31.9 Å². The lowest BCUT2D eigenvalue weighted by Crippen LogP contribution is -2.17. The molecule has 2 N–H and O–H groups in total. The maximum Gasteiger partial charge on any atom is 0.149 e. The van der Waals surface area contributed by atoms with Crippen LogP contribution in [0.1, 0.15) is 62.6 Å². The van der Waals surface area contributed by atoms with E-state index in [4.69, 9.17) is 4.98 Å². The van der Waals surface area contributed by atoms with E-state index >= 15 is 0 Å². The molecular weight excluding hydrogens is 448 g/mol. The standard InChI is InChI=1S/C26H32N4O3S/c1-16(2)23-24(20-15-30(13-14-34(3,32)33)26-19(20)5-4-12-27-26)29-22-11-10-21(28-25(22)23)17-6-8-18(31)9-7-17/h4-5,10-12,15-18,29,31H,6-9,13-14H2,1-3H3. The van der Waals surface area contributed by atoms with Gasteiger partial charge in [0.2, 0.25) is 0 Å². The van der Waals surface area contributed by atoms with Gasteiger partial charge in [-0.25, -0.2) is 13.4 Å². The number of hydrogen-bond donors (Lipinski definition) is 2. The fourth-order valence-corrected chi connectivity index (χ4v) is 5.76. The van der Waals surface area contributed by atoms with E-state index in [-0.39, 0.29) is 17.8 Å². The minimum Gasteiger partial charge on any atom is -0.393 e. The highest BCUT2D eigenvalue weighted by atomic mass is 32.2. The molecule has 34 heavy (non-hydrogen) atoms. The normalized spacial score (nSPS) is 19.4. The van der Waals surface area contributed by atoms with Crippen molar-refractivity contribution in [2.24, 2.45) is 0 Å². The number of rotatable bonds is 6. The number of sulfone groups is 1. The summed E-state index contributed by atoms with van der Waals surface area (Å²) < 4.78 is 25.5. The third-order valence-electron chi connectivity index (χ3n) is 7.00. The minimum absolute atomic E-state index is 0.0670. The van der Waals surface area contributed by atoms with Crippen molar-refractivity contribution in [1.82, 2.24) is 19.5 Å². The first-order valence-electron chi connectivity index (χ1n) is 12.0. The Bertz CT molecular complexity index is 1440. The van der Waals surface area contributed by atoms with Crippen molar-refractivity contribution in [3.05, 3.63) is 47.9 Å². The second-order valence-corrected chi connectivity index (χ2v) is 12.2. The number of pyridine rings is 2. The summed E-state index contributed by atoms with van der Waals surface area (Å²) in [5.41, 5.74) is 7.07. The summed E-state index contributed by atoms with van der Waals surface area (Å²) in [4.78, 5) is 13.3. The maximum atomic E-state index is 11.8. The first-order valence-corrected chi connectivity index (χ1v) is 14.1. The second-order valence-electron chi connectivity index (χ2n) is 9.95. The number of H-pyrrole nitrogens is 1. The lowest BCUT2D eigenvalue weighted by molar-refractivity contribution is 0.122. The highest BCUT2D eigenvalue weighted by molar-refractivity contribution is 7.90. The first-order chi connectivity index (χ1) is 16.2. The molecule has 4 heterocycles. The topological polar surface area (TPSA) is 101 Å². The fraction of sp³-hybridized carbons (Fsp3) is 0.462. The van der Waals surface area contributed by atoms with Crippen molar-refractivity contribution in [1.29, 1.82) is 0 Å². The van der Waals surface area contributed by atoms with E-state index in [9.17, 15) is 13.5 Å². The third-order valence-corrected chi connectivity index (χ3v) is 7.92. The molecule has 0 radical (unpaired) electrons. The molecule has 0 aliphatic heterocycles. The van der Waals surface area contributed by atoms with Crippen LogP contribution in [0.2, 0.25) is 0 Å². The monoisotopic (exact) mass is 480 g/mol. The van der Waals surface area contributed by atoms with Gasteiger partial charge < -0.3 is 14.7 Å². The van der Waals surface area contributed by atoms with Crippen LogP contribution in [0, 0.1) is 0 Å². The molecule has 0 atom stereocenters. The number of aromatic nitrogens is 4. The Morgan fingerprint density at radius 2 is 1.94 bits per heavy atom. The zero-order valence-corrected chi connectivity index (χ0v) is 20.8. The Morgan fingerprint density at radius 3 is 2.65 bits per heavy atom. The zero-order chi connectivity index (χ0) is 24.0. The van der Waals surface area contributed by atoms with E-state index in [1.807, 2.05) is 22.9 Å². The summed E-state index contributed by atoms with van der Waals surface area (Å²) in [7, 11) is -3.09. The molecule has 4 aromatic heterocycles. The van der Waals surface area contributed by atoms with Gasteiger partial charge in [-0.05, 0) is 55.9 Å². The van der Waals surface area contributed by atoms with Gasteiger partial charge in [0, 0.05) is 53.3 Å². The average molecular weight is 481 g/mol. The number of aryl methyl sites for hydroxylation is 1. The smallest absolute Gasteiger partial charge is 0.149 e. The molecule has 1 saturated carbocycles. The third kappa shape index (κ3) is 4.36. The number of nitrogens with one attached hydrogen (secondary N) is 1. The van der Waals surface area contributed by atoms with Gasteiger partial charge >= 0.3 is 0 Å². The van der Waals surface area contributed by atoms with Crippen LogP contribution < -0.4 is 0 Å². The predicted molar refractivity (Wildman–Crippen MR) is 136 cm³/mol. The van der Waals surface area contributed by atoms with Crippen LogP contribution in [-0.4, -0.2) is 51.2 Å². The molecule has 4 aromatic rings. The van der Waals surface area contributed by atoms with Gasteiger partial charge in [0.25, 0.3) is 0 Å². The van der Waals surface area contributed by atoms with Crippen LogP contribution in [0.5, 0.6) is 0 Å². The van der Waals surface area contributed by atoms with Crippen molar-refractivity contribution < 1.29 is 13.5 Å². The van der Waals surface area contributed by atoms with Crippen LogP contribution in [0.4, 0.5) is 0 Å². The Hall–Kier alpha value is -2.71. The van der Waals surface area contributed by atoms with Crippen LogP contribution >= 0.6 is 0 Å². The van der Waals surface area contributed by atoms with Gasteiger partial charge in [0.1, 0.15) is 15.5 Å². The van der Waals surface area contributed by atoms with Crippen molar-refractivity contribution in [3.63, 3.8) is 0 Å². The van der Waals surface area contributed by atoms with Crippen LogP contribution in [-0.2, 0) is 16.4 Å². The SMILES string of the molecule is CC(C)c1c(-c2cn(CCS(C)(=O)=O)c3ncccc23)[nH]c2ccc(C3CCC(O)CC3)nc12. The lowest BCUT2D eigenvalue weighted by atomic mass is 9.85. The quantitative estimate of drug-likeness (QED) is 0.414. The Labute approximate surface area is 200 Å². The number of aliphatic hydroxyl groups is 1. The van der Waals surface area contributed by atoms with Crippen LogP contribution in [0.15, 0.2) is 36.7 Å². The molecule has 1 fully saturated rings. The summed E-state index contributed by atoms with van der Waals surface area (Å²) in [5.74, 6) is 0.691. The lowest BCUT2D eigenvalue weighted by Gasteiger charge is -2.25. The molecule has 8 heteroatoms. The van der Waals surface area contributed by atoms with E-state index in [0.717, 1.165) is 64.7 Å². The number of aromatic amines is 1. The van der Waals surface area contributed by atoms with Gasteiger partial charge in [0.05, 0.1) is 28.6 Å². The van der Waals surface area contributed by atoms with E-state index in [1.54, 1.807) is 6.20 Å². The van der Waals surface area contributed by atoms with Gasteiger partial charge in [-0.3, -0.25) is 4.98 Å². The minimum atomic E-state index is -3.09. The predicted octanol–water partition coefficient (Wildman–Crippen LogP) is 4.77. The average Bonchev–Trinajstić information content (AvgIpc) is 3.35. The van der Waals surface area contributed by atoms with E-state index < -0.39 is 9.84 Å². The molecule has 180 valence electrons. The van der Waals surface area contributed by atoms with Gasteiger partial charge in [0.15, 0.2) is 0 Å². The molecule has 0 bridgehead atoms. The van der Waals surface area contributed by atoms with Crippen molar-refractivity contribution in [2.75, 3.05) is 12.0 Å². The molecule has 0 saturated heterocycles. The van der Waals surface area contributed by atoms with E-state index in [0.29, 0.717) is 12.5 Å². The van der Waals surface area contributed by atoms with Crippen molar-refractivity contribution in [2.45, 2.75) is 64.0 Å². The molecule has 0 unspecified atom stereocenters. The maximum absolute atomic E-state index is 11.8. The van der Waals surface area contributed by atoms with E-state index in [1.165, 1.54) is 11.8 Å². The molecule has 1 aliphatic rings. The first kappa shape index (κ1) is 23.1. The molecule has 7 nitrogen and oxygen atoms in total. The number of hydrogen-bond acceptors (Lipinski definition) is 5. The Morgan fingerprint density at radius 1 is 1.18 bits per heavy atom. The molecule has 1 aliphatic carbocycles. The molecular formula is C26H32N4O3S. The summed E-state index contributed by atoms with van der Waals surface area (Å²) in [5, 5.41) is 10.9. The van der Waals surface area contributed by atoms with Gasteiger partial charge in [-0.1, -0.05) is 13.8 Å². The fourth-order valence-electron chi connectivity index (χ4n) is 5.23. The molecule has 5 rings (SSSR count). The summed E-state index contributed by atoms with van der Waals surface area (Å²) in [6, 6.07) is 8.19. The number of fused-ring (bicyclic) bond motifs is 2. The van der Waals surface area contributed by atoms with Crippen LogP contribution in [0.3, 0.4) is 0 Å². The largest absolute Gasteiger partial charge is 0.393 e. The molecule has 0 spiro atoms. The second kappa shape index (κ2) is 8.82. The summed E-state index contributed by atoms with van der Waals surface area (Å²) in [6.07, 6.45) is 8.44.